The Kier molecular flexibility index (Phi) is 2.98. The van der Waals surface area contributed by atoms with E-state index in [2.05, 4.69) is 4.98 Å². The SMILES string of the molecule is COc1cccc(-n2c(=O)[nH]c3ccc(O)cc3c2=O)c1. The van der Waals surface area contributed by atoms with Gasteiger partial charge in [-0.25, -0.2) is 9.36 Å². The number of phenolic OH excluding ortho intramolecular Hbond substituents is 1. The van der Waals surface area contributed by atoms with E-state index in [1.807, 2.05) is 0 Å². The number of hydrogen-bond acceptors (Lipinski definition) is 4. The van der Waals surface area contributed by atoms with E-state index in [0.717, 1.165) is 4.57 Å². The van der Waals surface area contributed by atoms with Crippen LogP contribution in [0.1, 0.15) is 0 Å². The summed E-state index contributed by atoms with van der Waals surface area (Å²) >= 11 is 0. The van der Waals surface area contributed by atoms with Gasteiger partial charge in [0.25, 0.3) is 5.56 Å². The van der Waals surface area contributed by atoms with Crippen molar-refractivity contribution in [1.82, 2.24) is 9.55 Å². The minimum Gasteiger partial charge on any atom is -0.508 e. The number of hydrogen-bond donors (Lipinski definition) is 2. The Morgan fingerprint density at radius 3 is 2.71 bits per heavy atom. The quantitative estimate of drug-likeness (QED) is 0.745. The predicted molar refractivity (Wildman–Crippen MR) is 78.4 cm³/mol. The Bertz CT molecular complexity index is 940. The average Bonchev–Trinajstić information content (AvgIpc) is 2.48. The van der Waals surface area contributed by atoms with Gasteiger partial charge in [-0.15, -0.1) is 0 Å². The summed E-state index contributed by atoms with van der Waals surface area (Å²) in [6.45, 7) is 0. The fraction of sp³-hybridized carbons (Fsp3) is 0.0667. The topological polar surface area (TPSA) is 84.3 Å². The number of methoxy groups -OCH3 is 1. The van der Waals surface area contributed by atoms with E-state index >= 15 is 0 Å². The molecule has 1 aromatic heterocycles. The minimum absolute atomic E-state index is 0.0381. The second-order valence-corrected chi connectivity index (χ2v) is 4.50. The van der Waals surface area contributed by atoms with Crippen molar-refractivity contribution in [3.05, 3.63) is 63.3 Å². The number of benzene rings is 2. The Morgan fingerprint density at radius 2 is 1.95 bits per heavy atom. The number of H-pyrrole nitrogens is 1. The Balaban J connectivity index is 2.37. The summed E-state index contributed by atoms with van der Waals surface area (Å²) in [5.74, 6) is 0.499. The lowest BCUT2D eigenvalue weighted by Crippen LogP contribution is -2.33. The lowest BCUT2D eigenvalue weighted by Gasteiger charge is -2.08. The highest BCUT2D eigenvalue weighted by Gasteiger charge is 2.10. The van der Waals surface area contributed by atoms with Crippen LogP contribution in [0.15, 0.2) is 52.1 Å². The van der Waals surface area contributed by atoms with Crippen LogP contribution in [0.5, 0.6) is 11.5 Å². The van der Waals surface area contributed by atoms with E-state index in [-0.39, 0.29) is 11.1 Å². The van der Waals surface area contributed by atoms with Gasteiger partial charge in [0, 0.05) is 6.07 Å². The standard InChI is InChI=1S/C15H12N2O4/c1-21-11-4-2-3-9(7-11)17-14(19)12-8-10(18)5-6-13(12)16-15(17)20/h2-8,18H,1H3,(H,16,20). The molecule has 2 aromatic carbocycles. The lowest BCUT2D eigenvalue weighted by molar-refractivity contribution is 0.414. The second kappa shape index (κ2) is 4.82. The zero-order chi connectivity index (χ0) is 15.0. The first-order chi connectivity index (χ1) is 10.1. The molecule has 0 saturated carbocycles. The maximum Gasteiger partial charge on any atom is 0.333 e. The first-order valence-electron chi connectivity index (χ1n) is 6.22. The van der Waals surface area contributed by atoms with Gasteiger partial charge in [0.05, 0.1) is 23.7 Å². The summed E-state index contributed by atoms with van der Waals surface area (Å²) in [5, 5.41) is 9.74. The molecule has 3 aromatic rings. The van der Waals surface area contributed by atoms with Gasteiger partial charge in [0.1, 0.15) is 11.5 Å². The summed E-state index contributed by atoms with van der Waals surface area (Å²) in [7, 11) is 1.50. The van der Waals surface area contributed by atoms with Crippen LogP contribution in [0.25, 0.3) is 16.6 Å². The van der Waals surface area contributed by atoms with Crippen molar-refractivity contribution in [2.24, 2.45) is 0 Å². The second-order valence-electron chi connectivity index (χ2n) is 4.50. The molecule has 0 spiro atoms. The van der Waals surface area contributed by atoms with E-state index < -0.39 is 11.2 Å². The largest absolute Gasteiger partial charge is 0.508 e. The Morgan fingerprint density at radius 1 is 1.14 bits per heavy atom. The molecule has 1 heterocycles. The molecule has 6 nitrogen and oxygen atoms in total. The van der Waals surface area contributed by atoms with Gasteiger partial charge in [0.2, 0.25) is 0 Å². The van der Waals surface area contributed by atoms with E-state index in [0.29, 0.717) is 17.0 Å². The molecular formula is C15H12N2O4. The number of rotatable bonds is 2. The van der Waals surface area contributed by atoms with Crippen LogP contribution in [-0.4, -0.2) is 21.8 Å². The maximum absolute atomic E-state index is 12.5. The summed E-state index contributed by atoms with van der Waals surface area (Å²) < 4.78 is 6.10. The van der Waals surface area contributed by atoms with Crippen LogP contribution in [0.2, 0.25) is 0 Å². The first-order valence-corrected chi connectivity index (χ1v) is 6.22. The number of aromatic hydroxyl groups is 1. The highest BCUT2D eigenvalue weighted by molar-refractivity contribution is 5.79. The first kappa shape index (κ1) is 13.0. The van der Waals surface area contributed by atoms with Gasteiger partial charge in [-0.2, -0.15) is 0 Å². The van der Waals surface area contributed by atoms with E-state index in [1.165, 1.54) is 25.3 Å². The third kappa shape index (κ3) is 2.16. The van der Waals surface area contributed by atoms with Crippen LogP contribution in [0.3, 0.4) is 0 Å². The van der Waals surface area contributed by atoms with Crippen LogP contribution >= 0.6 is 0 Å². The van der Waals surface area contributed by atoms with E-state index in [1.54, 1.807) is 24.3 Å². The molecule has 0 saturated heterocycles. The fourth-order valence-corrected chi connectivity index (χ4v) is 2.19. The molecule has 3 rings (SSSR count). The van der Waals surface area contributed by atoms with Gasteiger partial charge in [0.15, 0.2) is 0 Å². The maximum atomic E-state index is 12.5. The molecular weight excluding hydrogens is 272 g/mol. The lowest BCUT2D eigenvalue weighted by atomic mass is 10.2. The van der Waals surface area contributed by atoms with Crippen molar-refractivity contribution in [3.63, 3.8) is 0 Å². The summed E-state index contributed by atoms with van der Waals surface area (Å²) in [6.07, 6.45) is 0. The number of phenols is 1. The zero-order valence-electron chi connectivity index (χ0n) is 11.2. The van der Waals surface area contributed by atoms with Gasteiger partial charge < -0.3 is 14.8 Å². The van der Waals surface area contributed by atoms with Crippen molar-refractivity contribution >= 4 is 10.9 Å². The molecule has 0 fully saturated rings. The predicted octanol–water partition coefficient (Wildman–Crippen LogP) is 1.39. The number of ether oxygens (including phenoxy) is 1. The van der Waals surface area contributed by atoms with Gasteiger partial charge in [-0.3, -0.25) is 4.79 Å². The van der Waals surface area contributed by atoms with Crippen molar-refractivity contribution in [3.8, 4) is 17.2 Å². The van der Waals surface area contributed by atoms with Gasteiger partial charge >= 0.3 is 5.69 Å². The Labute approximate surface area is 118 Å². The molecule has 2 N–H and O–H groups in total. The highest BCUT2D eigenvalue weighted by atomic mass is 16.5. The highest BCUT2D eigenvalue weighted by Crippen LogP contribution is 2.16. The normalized spacial score (nSPS) is 10.7. The van der Waals surface area contributed by atoms with Crippen molar-refractivity contribution in [1.29, 1.82) is 0 Å². The molecule has 0 unspecified atom stereocenters. The molecule has 106 valence electrons. The van der Waals surface area contributed by atoms with Crippen molar-refractivity contribution in [2.45, 2.75) is 0 Å². The number of fused-ring (bicyclic) bond motifs is 1. The van der Waals surface area contributed by atoms with Crippen molar-refractivity contribution in [2.75, 3.05) is 7.11 Å². The van der Waals surface area contributed by atoms with E-state index in [4.69, 9.17) is 4.74 Å². The molecule has 6 heteroatoms. The van der Waals surface area contributed by atoms with Crippen LogP contribution in [0.4, 0.5) is 0 Å². The minimum atomic E-state index is -0.550. The number of nitrogens with zero attached hydrogens (tertiary/aromatic N) is 1. The number of nitrogens with one attached hydrogen (secondary N) is 1. The number of aromatic nitrogens is 2. The smallest absolute Gasteiger partial charge is 0.333 e. The monoisotopic (exact) mass is 284 g/mol. The molecule has 0 bridgehead atoms. The summed E-state index contributed by atoms with van der Waals surface area (Å²) in [5.41, 5.74) is -0.280. The van der Waals surface area contributed by atoms with Crippen LogP contribution in [0, 0.1) is 0 Å². The summed E-state index contributed by atoms with van der Waals surface area (Å²) in [6, 6.07) is 10.8. The molecule has 0 aliphatic rings. The molecule has 0 radical (unpaired) electrons. The average molecular weight is 284 g/mol. The fourth-order valence-electron chi connectivity index (χ4n) is 2.19. The third-order valence-corrected chi connectivity index (χ3v) is 3.19. The van der Waals surface area contributed by atoms with Gasteiger partial charge in [-0.05, 0) is 30.3 Å². The molecule has 0 aliphatic carbocycles. The summed E-state index contributed by atoms with van der Waals surface area (Å²) in [4.78, 5) is 27.3. The van der Waals surface area contributed by atoms with Crippen LogP contribution in [-0.2, 0) is 0 Å². The molecule has 0 aliphatic heterocycles. The third-order valence-electron chi connectivity index (χ3n) is 3.19. The number of aromatic amines is 1. The van der Waals surface area contributed by atoms with Crippen molar-refractivity contribution < 1.29 is 9.84 Å². The zero-order valence-corrected chi connectivity index (χ0v) is 11.2. The Hall–Kier alpha value is -3.02. The molecule has 0 amide bonds. The molecule has 0 atom stereocenters. The molecule has 21 heavy (non-hydrogen) atoms. The van der Waals surface area contributed by atoms with Crippen LogP contribution < -0.4 is 16.0 Å². The van der Waals surface area contributed by atoms with Gasteiger partial charge in [-0.1, -0.05) is 6.07 Å². The van der Waals surface area contributed by atoms with E-state index in [9.17, 15) is 14.7 Å².